The van der Waals surface area contributed by atoms with E-state index in [1.54, 1.807) is 6.20 Å². The Morgan fingerprint density at radius 3 is 2.92 bits per heavy atom. The summed E-state index contributed by atoms with van der Waals surface area (Å²) in [6.07, 6.45) is 5.48. The summed E-state index contributed by atoms with van der Waals surface area (Å²) in [5.74, 6) is 0.855. The van der Waals surface area contributed by atoms with Gasteiger partial charge in [0.25, 0.3) is 0 Å². The summed E-state index contributed by atoms with van der Waals surface area (Å²) in [4.78, 5) is 17.9. The Morgan fingerprint density at radius 1 is 1.25 bits per heavy atom. The van der Waals surface area contributed by atoms with E-state index < -0.39 is 0 Å². The monoisotopic (exact) mass is 455 g/mol. The first kappa shape index (κ1) is 16.2. The van der Waals surface area contributed by atoms with E-state index in [9.17, 15) is 0 Å². The zero-order valence-corrected chi connectivity index (χ0v) is 15.7. The normalized spacial score (nSPS) is 18.2. The highest BCUT2D eigenvalue weighted by Crippen LogP contribution is 2.31. The maximum absolute atomic E-state index is 6.30. The topological polar surface area (TPSA) is 65.7 Å². The molecule has 4 rings (SSSR count). The quantitative estimate of drug-likeness (QED) is 0.342. The van der Waals surface area contributed by atoms with Crippen molar-refractivity contribution in [3.05, 3.63) is 44.9 Å². The minimum atomic E-state index is -0.0655. The van der Waals surface area contributed by atoms with Crippen LogP contribution in [0, 0.1) is 3.83 Å². The molecule has 1 fully saturated rings. The highest BCUT2D eigenvalue weighted by Gasteiger charge is 2.25. The number of halogens is 2. The maximum Gasteiger partial charge on any atom is 0.194 e. The van der Waals surface area contributed by atoms with Crippen molar-refractivity contribution in [2.45, 2.75) is 31.9 Å². The van der Waals surface area contributed by atoms with E-state index in [0.717, 1.165) is 43.0 Å². The molecule has 0 radical (unpaired) electrons. The second kappa shape index (κ2) is 6.89. The standard InChI is InChI=1S/C16H15ClIN5O/c17-14-13-15(22-16(18)21-14)23(12-6-2-4-8-24-12)11(20-13)9-10-5-1-3-7-19-10/h1,3,5,7,12H,2,4,6,8-9H2. The fourth-order valence-electron chi connectivity index (χ4n) is 2.98. The van der Waals surface area contributed by atoms with E-state index >= 15 is 0 Å². The minimum Gasteiger partial charge on any atom is -0.358 e. The highest BCUT2D eigenvalue weighted by molar-refractivity contribution is 14.1. The van der Waals surface area contributed by atoms with Crippen molar-refractivity contribution >= 4 is 45.4 Å². The van der Waals surface area contributed by atoms with E-state index in [2.05, 4.69) is 42.1 Å². The van der Waals surface area contributed by atoms with Gasteiger partial charge in [-0.15, -0.1) is 0 Å². The van der Waals surface area contributed by atoms with Crippen LogP contribution in [0.15, 0.2) is 24.4 Å². The molecule has 0 aliphatic carbocycles. The first-order chi connectivity index (χ1) is 11.7. The van der Waals surface area contributed by atoms with Gasteiger partial charge in [0.2, 0.25) is 0 Å². The molecule has 0 amide bonds. The van der Waals surface area contributed by atoms with Gasteiger partial charge in [0.1, 0.15) is 17.6 Å². The first-order valence-corrected chi connectivity index (χ1v) is 9.29. The van der Waals surface area contributed by atoms with Gasteiger partial charge in [-0.25, -0.2) is 15.0 Å². The highest BCUT2D eigenvalue weighted by atomic mass is 127. The summed E-state index contributed by atoms with van der Waals surface area (Å²) >= 11 is 8.37. The molecule has 0 spiro atoms. The van der Waals surface area contributed by atoms with Crippen LogP contribution in [-0.4, -0.2) is 31.1 Å². The Kier molecular flexibility index (Phi) is 4.64. The largest absolute Gasteiger partial charge is 0.358 e. The molecule has 1 unspecified atom stereocenters. The molecule has 24 heavy (non-hydrogen) atoms. The summed E-state index contributed by atoms with van der Waals surface area (Å²) in [7, 11) is 0. The summed E-state index contributed by atoms with van der Waals surface area (Å²) in [6.45, 7) is 0.753. The Labute approximate surface area is 157 Å². The number of aromatic nitrogens is 5. The molecule has 4 heterocycles. The molecule has 1 saturated heterocycles. The molecule has 0 bridgehead atoms. The van der Waals surface area contributed by atoms with E-state index in [4.69, 9.17) is 21.3 Å². The van der Waals surface area contributed by atoms with Gasteiger partial charge in [0, 0.05) is 47.5 Å². The van der Waals surface area contributed by atoms with Gasteiger partial charge in [-0.05, 0) is 31.4 Å². The molecular formula is C16H15ClIN5O. The third-order valence-corrected chi connectivity index (χ3v) is 4.80. The number of fused-ring (bicyclic) bond motifs is 1. The molecule has 6 nitrogen and oxygen atoms in total. The number of rotatable bonds is 3. The second-order valence-corrected chi connectivity index (χ2v) is 7.00. The van der Waals surface area contributed by atoms with Gasteiger partial charge in [-0.2, -0.15) is 0 Å². The third kappa shape index (κ3) is 3.12. The van der Waals surface area contributed by atoms with Crippen molar-refractivity contribution in [3.63, 3.8) is 0 Å². The molecule has 1 atom stereocenters. The van der Waals surface area contributed by atoms with Crippen molar-refractivity contribution in [1.29, 1.82) is 0 Å². The average Bonchev–Trinajstić information content (AvgIpc) is 2.95. The lowest BCUT2D eigenvalue weighted by Crippen LogP contribution is -2.21. The van der Waals surface area contributed by atoms with Crippen LogP contribution in [-0.2, 0) is 11.2 Å². The lowest BCUT2D eigenvalue weighted by Gasteiger charge is -2.25. The zero-order chi connectivity index (χ0) is 16.5. The van der Waals surface area contributed by atoms with Crippen LogP contribution in [0.2, 0.25) is 5.15 Å². The van der Waals surface area contributed by atoms with Crippen LogP contribution in [0.4, 0.5) is 0 Å². The van der Waals surface area contributed by atoms with Crippen LogP contribution >= 0.6 is 34.2 Å². The molecule has 3 aromatic rings. The van der Waals surface area contributed by atoms with Crippen molar-refractivity contribution in [2.24, 2.45) is 0 Å². The molecular weight excluding hydrogens is 441 g/mol. The van der Waals surface area contributed by atoms with Crippen LogP contribution in [0.1, 0.15) is 37.0 Å². The number of pyridine rings is 1. The second-order valence-electron chi connectivity index (χ2n) is 5.67. The van der Waals surface area contributed by atoms with E-state index in [-0.39, 0.29) is 6.23 Å². The first-order valence-electron chi connectivity index (χ1n) is 7.84. The molecule has 3 aromatic heterocycles. The summed E-state index contributed by atoms with van der Waals surface area (Å²) in [5, 5.41) is 0.376. The zero-order valence-electron chi connectivity index (χ0n) is 12.8. The maximum atomic E-state index is 6.30. The van der Waals surface area contributed by atoms with Crippen LogP contribution < -0.4 is 0 Å². The molecule has 124 valence electrons. The van der Waals surface area contributed by atoms with Gasteiger partial charge in [0.05, 0.1) is 0 Å². The van der Waals surface area contributed by atoms with Gasteiger partial charge in [-0.3, -0.25) is 9.55 Å². The molecule has 0 saturated carbocycles. The Morgan fingerprint density at radius 2 is 2.17 bits per heavy atom. The molecule has 8 heteroatoms. The van der Waals surface area contributed by atoms with Gasteiger partial charge < -0.3 is 4.74 Å². The number of nitrogens with zero attached hydrogens (tertiary/aromatic N) is 5. The molecule has 1 aliphatic rings. The average molecular weight is 456 g/mol. The summed E-state index contributed by atoms with van der Waals surface area (Å²) in [5.41, 5.74) is 2.30. The lowest BCUT2D eigenvalue weighted by molar-refractivity contribution is -0.0312. The fourth-order valence-corrected chi connectivity index (χ4v) is 3.80. The minimum absolute atomic E-state index is 0.0655. The van der Waals surface area contributed by atoms with E-state index in [1.807, 2.05) is 18.2 Å². The van der Waals surface area contributed by atoms with Crippen molar-refractivity contribution in [2.75, 3.05) is 6.61 Å². The third-order valence-electron chi connectivity index (χ3n) is 4.05. The van der Waals surface area contributed by atoms with Crippen molar-refractivity contribution < 1.29 is 4.74 Å². The Balaban J connectivity index is 1.86. The van der Waals surface area contributed by atoms with E-state index in [0.29, 0.717) is 20.9 Å². The number of ether oxygens (including phenoxy) is 1. The predicted octanol–water partition coefficient (Wildman–Crippen LogP) is 3.77. The smallest absolute Gasteiger partial charge is 0.194 e. The fraction of sp³-hybridized carbons (Fsp3) is 0.375. The van der Waals surface area contributed by atoms with Gasteiger partial charge in [-0.1, -0.05) is 17.7 Å². The summed E-state index contributed by atoms with van der Waals surface area (Å²) in [6, 6.07) is 5.87. The summed E-state index contributed by atoms with van der Waals surface area (Å²) < 4.78 is 8.66. The lowest BCUT2D eigenvalue weighted by atomic mass is 10.2. The van der Waals surface area contributed by atoms with Gasteiger partial charge >= 0.3 is 0 Å². The number of hydrogen-bond donors (Lipinski definition) is 0. The Bertz CT molecular complexity index is 864. The SMILES string of the molecule is Clc1nc(I)nc2c1nc(Cc1ccccn1)n2C1CCCCO1. The predicted molar refractivity (Wildman–Crippen MR) is 98.9 cm³/mol. The molecule has 0 N–H and O–H groups in total. The van der Waals surface area contributed by atoms with E-state index in [1.165, 1.54) is 0 Å². The number of hydrogen-bond acceptors (Lipinski definition) is 5. The molecule has 1 aliphatic heterocycles. The Hall–Kier alpha value is -1.32. The van der Waals surface area contributed by atoms with Crippen LogP contribution in [0.3, 0.4) is 0 Å². The van der Waals surface area contributed by atoms with Crippen molar-refractivity contribution in [1.82, 2.24) is 24.5 Å². The van der Waals surface area contributed by atoms with Crippen LogP contribution in [0.25, 0.3) is 11.2 Å². The number of imidazole rings is 1. The molecule has 0 aromatic carbocycles. The van der Waals surface area contributed by atoms with Crippen molar-refractivity contribution in [3.8, 4) is 0 Å². The van der Waals surface area contributed by atoms with Crippen LogP contribution in [0.5, 0.6) is 0 Å². The van der Waals surface area contributed by atoms with Gasteiger partial charge in [0.15, 0.2) is 14.6 Å².